The zero-order chi connectivity index (χ0) is 18.2. The number of nitrogens with one attached hydrogen (secondary N) is 1. The molecule has 0 saturated carbocycles. The van der Waals surface area contributed by atoms with Crippen LogP contribution in [0, 0.1) is 0 Å². The summed E-state index contributed by atoms with van der Waals surface area (Å²) in [6, 6.07) is 13.1. The molecular weight excluding hydrogens is 330 g/mol. The standard InChI is InChI=1S/C18H18F2N2O3/c19-18(20)25-14-8-5-12(6-9-14)7-10-17(24)22-15-4-2-1-3-13(15)11-16(21)23/h1-6,8-9,18H,7,10-11H2,(H2,21,23)(H,22,24). The maximum absolute atomic E-state index is 12.1. The molecule has 0 fully saturated rings. The summed E-state index contributed by atoms with van der Waals surface area (Å²) in [6.07, 6.45) is 0.695. The number of ether oxygens (including phenoxy) is 1. The molecule has 0 aliphatic heterocycles. The number of aryl methyl sites for hydroxylation is 1. The molecule has 132 valence electrons. The summed E-state index contributed by atoms with van der Waals surface area (Å²) in [5, 5.41) is 2.75. The maximum atomic E-state index is 12.1. The highest BCUT2D eigenvalue weighted by atomic mass is 19.3. The van der Waals surface area contributed by atoms with Gasteiger partial charge in [0.1, 0.15) is 5.75 Å². The van der Waals surface area contributed by atoms with Crippen LogP contribution in [0.5, 0.6) is 5.75 Å². The summed E-state index contributed by atoms with van der Waals surface area (Å²) >= 11 is 0. The number of anilines is 1. The van der Waals surface area contributed by atoms with Crippen molar-refractivity contribution in [2.45, 2.75) is 25.9 Å². The van der Waals surface area contributed by atoms with Gasteiger partial charge in [-0.3, -0.25) is 9.59 Å². The third-order valence-corrected chi connectivity index (χ3v) is 3.45. The molecule has 25 heavy (non-hydrogen) atoms. The largest absolute Gasteiger partial charge is 0.435 e. The SMILES string of the molecule is NC(=O)Cc1ccccc1NC(=O)CCc1ccc(OC(F)F)cc1. The smallest absolute Gasteiger partial charge is 0.387 e. The second kappa shape index (κ2) is 8.77. The lowest BCUT2D eigenvalue weighted by molar-refractivity contribution is -0.118. The van der Waals surface area contributed by atoms with Gasteiger partial charge < -0.3 is 15.8 Å². The minimum atomic E-state index is -2.86. The molecule has 2 amide bonds. The summed E-state index contributed by atoms with van der Waals surface area (Å²) in [5.41, 5.74) is 7.21. The first-order chi connectivity index (χ1) is 11.9. The highest BCUT2D eigenvalue weighted by Gasteiger charge is 2.09. The third-order valence-electron chi connectivity index (χ3n) is 3.45. The Morgan fingerprint density at radius 2 is 1.76 bits per heavy atom. The number of alkyl halides is 2. The number of rotatable bonds is 8. The first kappa shape index (κ1) is 18.4. The number of primary amides is 1. The molecule has 0 spiro atoms. The van der Waals surface area contributed by atoms with Crippen molar-refractivity contribution in [1.82, 2.24) is 0 Å². The molecule has 2 aromatic carbocycles. The molecule has 0 bridgehead atoms. The Hall–Kier alpha value is -2.96. The lowest BCUT2D eigenvalue weighted by Gasteiger charge is -2.10. The molecule has 0 heterocycles. The van der Waals surface area contributed by atoms with Gasteiger partial charge in [-0.15, -0.1) is 0 Å². The van der Waals surface area contributed by atoms with Crippen molar-refractivity contribution in [1.29, 1.82) is 0 Å². The third kappa shape index (κ3) is 6.21. The second-order valence-electron chi connectivity index (χ2n) is 5.37. The van der Waals surface area contributed by atoms with Crippen molar-refractivity contribution in [3.05, 3.63) is 59.7 Å². The van der Waals surface area contributed by atoms with E-state index in [2.05, 4.69) is 10.1 Å². The molecule has 0 atom stereocenters. The second-order valence-corrected chi connectivity index (χ2v) is 5.37. The van der Waals surface area contributed by atoms with Crippen LogP contribution in [0.2, 0.25) is 0 Å². The fraction of sp³-hybridized carbons (Fsp3) is 0.222. The van der Waals surface area contributed by atoms with Crippen LogP contribution in [0.1, 0.15) is 17.5 Å². The van der Waals surface area contributed by atoms with Gasteiger partial charge in [-0.05, 0) is 35.7 Å². The average Bonchev–Trinajstić information content (AvgIpc) is 2.55. The molecule has 5 nitrogen and oxygen atoms in total. The molecule has 0 unspecified atom stereocenters. The highest BCUT2D eigenvalue weighted by Crippen LogP contribution is 2.18. The molecule has 0 aliphatic rings. The molecule has 0 aromatic heterocycles. The fourth-order valence-corrected chi connectivity index (χ4v) is 2.29. The first-order valence-corrected chi connectivity index (χ1v) is 7.64. The fourth-order valence-electron chi connectivity index (χ4n) is 2.29. The van der Waals surface area contributed by atoms with Crippen molar-refractivity contribution < 1.29 is 23.1 Å². The number of carbonyl (C=O) groups excluding carboxylic acids is 2. The van der Waals surface area contributed by atoms with E-state index in [0.29, 0.717) is 17.7 Å². The molecule has 0 saturated heterocycles. The monoisotopic (exact) mass is 348 g/mol. The number of benzene rings is 2. The molecular formula is C18H18F2N2O3. The molecule has 2 aromatic rings. The number of halogens is 2. The number of hydrogen-bond donors (Lipinski definition) is 2. The quantitative estimate of drug-likeness (QED) is 0.770. The Labute approximate surface area is 143 Å². The van der Waals surface area contributed by atoms with Gasteiger partial charge >= 0.3 is 6.61 Å². The van der Waals surface area contributed by atoms with E-state index < -0.39 is 12.5 Å². The van der Waals surface area contributed by atoms with E-state index in [-0.39, 0.29) is 24.5 Å². The van der Waals surface area contributed by atoms with Gasteiger partial charge in [0.2, 0.25) is 11.8 Å². The van der Waals surface area contributed by atoms with Gasteiger partial charge in [-0.25, -0.2) is 0 Å². The highest BCUT2D eigenvalue weighted by molar-refractivity contribution is 5.92. The van der Waals surface area contributed by atoms with E-state index in [1.807, 2.05) is 0 Å². The topological polar surface area (TPSA) is 81.4 Å². The first-order valence-electron chi connectivity index (χ1n) is 7.64. The minimum absolute atomic E-state index is 0.0437. The van der Waals surface area contributed by atoms with Crippen LogP contribution in [-0.2, 0) is 22.4 Å². The normalized spacial score (nSPS) is 10.5. The summed E-state index contributed by atoms with van der Waals surface area (Å²) in [5.74, 6) is -0.624. The van der Waals surface area contributed by atoms with Crippen molar-refractivity contribution >= 4 is 17.5 Å². The van der Waals surface area contributed by atoms with Crippen LogP contribution in [-0.4, -0.2) is 18.4 Å². The van der Waals surface area contributed by atoms with E-state index in [4.69, 9.17) is 5.73 Å². The lowest BCUT2D eigenvalue weighted by Crippen LogP contribution is -2.17. The van der Waals surface area contributed by atoms with Crippen molar-refractivity contribution in [2.75, 3.05) is 5.32 Å². The zero-order valence-corrected chi connectivity index (χ0v) is 13.4. The number of carbonyl (C=O) groups is 2. The van der Waals surface area contributed by atoms with Crippen LogP contribution in [0.15, 0.2) is 48.5 Å². The van der Waals surface area contributed by atoms with Gasteiger partial charge in [0.25, 0.3) is 0 Å². The van der Waals surface area contributed by atoms with Crippen LogP contribution in [0.4, 0.5) is 14.5 Å². The predicted molar refractivity (Wildman–Crippen MR) is 89.4 cm³/mol. The molecule has 0 aliphatic carbocycles. The van der Waals surface area contributed by atoms with Gasteiger partial charge in [-0.1, -0.05) is 30.3 Å². The van der Waals surface area contributed by atoms with Gasteiger partial charge in [0.15, 0.2) is 0 Å². The van der Waals surface area contributed by atoms with Crippen LogP contribution in [0.3, 0.4) is 0 Å². The zero-order valence-electron chi connectivity index (χ0n) is 13.4. The van der Waals surface area contributed by atoms with E-state index in [1.54, 1.807) is 36.4 Å². The Morgan fingerprint density at radius 3 is 2.40 bits per heavy atom. The van der Waals surface area contributed by atoms with Crippen LogP contribution < -0.4 is 15.8 Å². The molecule has 2 rings (SSSR count). The van der Waals surface area contributed by atoms with Crippen LogP contribution in [0.25, 0.3) is 0 Å². The maximum Gasteiger partial charge on any atom is 0.387 e. The Bertz CT molecular complexity index is 733. The lowest BCUT2D eigenvalue weighted by atomic mass is 10.1. The van der Waals surface area contributed by atoms with E-state index in [9.17, 15) is 18.4 Å². The van der Waals surface area contributed by atoms with E-state index >= 15 is 0 Å². The molecule has 3 N–H and O–H groups in total. The Kier molecular flexibility index (Phi) is 6.45. The van der Waals surface area contributed by atoms with Crippen molar-refractivity contribution in [2.24, 2.45) is 5.73 Å². The molecule has 7 heteroatoms. The number of para-hydroxylation sites is 1. The predicted octanol–water partition coefficient (Wildman–Crippen LogP) is 2.89. The summed E-state index contributed by atoms with van der Waals surface area (Å²) in [4.78, 5) is 23.1. The molecule has 0 radical (unpaired) electrons. The Morgan fingerprint density at radius 1 is 1.08 bits per heavy atom. The summed E-state index contributed by atoms with van der Waals surface area (Å²) < 4.78 is 28.4. The number of nitrogens with two attached hydrogens (primary N) is 1. The van der Waals surface area contributed by atoms with Gasteiger partial charge in [0, 0.05) is 12.1 Å². The van der Waals surface area contributed by atoms with Gasteiger partial charge in [-0.2, -0.15) is 8.78 Å². The van der Waals surface area contributed by atoms with Crippen LogP contribution >= 0.6 is 0 Å². The number of amides is 2. The van der Waals surface area contributed by atoms with Gasteiger partial charge in [0.05, 0.1) is 6.42 Å². The minimum Gasteiger partial charge on any atom is -0.435 e. The van der Waals surface area contributed by atoms with E-state index in [1.165, 1.54) is 12.1 Å². The van der Waals surface area contributed by atoms with Crippen molar-refractivity contribution in [3.63, 3.8) is 0 Å². The van der Waals surface area contributed by atoms with Crippen molar-refractivity contribution in [3.8, 4) is 5.75 Å². The summed E-state index contributed by atoms with van der Waals surface area (Å²) in [6.45, 7) is -2.86. The Balaban J connectivity index is 1.90. The number of hydrogen-bond acceptors (Lipinski definition) is 3. The van der Waals surface area contributed by atoms with E-state index in [0.717, 1.165) is 5.56 Å². The summed E-state index contributed by atoms with van der Waals surface area (Å²) in [7, 11) is 0. The average molecular weight is 348 g/mol.